The van der Waals surface area contributed by atoms with Crippen LogP contribution in [0.15, 0.2) is 34.7 Å². The van der Waals surface area contributed by atoms with Crippen molar-refractivity contribution >= 4 is 0 Å². The summed E-state index contributed by atoms with van der Waals surface area (Å²) in [5.41, 5.74) is 1.31. The van der Waals surface area contributed by atoms with Crippen molar-refractivity contribution < 1.29 is 4.42 Å². The predicted octanol–water partition coefficient (Wildman–Crippen LogP) is 2.32. The van der Waals surface area contributed by atoms with E-state index in [-0.39, 0.29) is 0 Å². The van der Waals surface area contributed by atoms with Gasteiger partial charge in [0.2, 0.25) is 11.8 Å². The van der Waals surface area contributed by atoms with Crippen LogP contribution in [0.2, 0.25) is 0 Å². The van der Waals surface area contributed by atoms with E-state index in [4.69, 9.17) is 4.42 Å². The van der Waals surface area contributed by atoms with E-state index in [0.29, 0.717) is 5.92 Å². The molecule has 0 spiro atoms. The maximum atomic E-state index is 5.79. The van der Waals surface area contributed by atoms with Crippen LogP contribution in [0.4, 0.5) is 0 Å². The first-order valence-corrected chi connectivity index (χ1v) is 6.99. The normalized spacial score (nSPS) is 16.6. The summed E-state index contributed by atoms with van der Waals surface area (Å²) in [4.78, 5) is 0. The zero-order valence-electron chi connectivity index (χ0n) is 11.0. The molecule has 1 aromatic heterocycles. The van der Waals surface area contributed by atoms with Crippen LogP contribution in [-0.2, 0) is 12.8 Å². The van der Waals surface area contributed by atoms with E-state index in [1.54, 1.807) is 0 Å². The van der Waals surface area contributed by atoms with E-state index in [0.717, 1.165) is 50.6 Å². The Bertz CT molecular complexity index is 503. The van der Waals surface area contributed by atoms with Crippen molar-refractivity contribution in [3.05, 3.63) is 47.7 Å². The highest BCUT2D eigenvalue weighted by Gasteiger charge is 2.20. The fourth-order valence-electron chi connectivity index (χ4n) is 2.50. The van der Waals surface area contributed by atoms with Crippen molar-refractivity contribution in [2.24, 2.45) is 0 Å². The number of hydrogen-bond acceptors (Lipinski definition) is 4. The minimum absolute atomic E-state index is 0.444. The van der Waals surface area contributed by atoms with Gasteiger partial charge >= 0.3 is 0 Å². The Morgan fingerprint density at radius 3 is 2.63 bits per heavy atom. The molecule has 0 bridgehead atoms. The number of aromatic nitrogens is 2. The Morgan fingerprint density at radius 2 is 1.84 bits per heavy atom. The molecule has 2 aromatic rings. The van der Waals surface area contributed by atoms with E-state index in [9.17, 15) is 0 Å². The van der Waals surface area contributed by atoms with Crippen LogP contribution in [0.5, 0.6) is 0 Å². The minimum Gasteiger partial charge on any atom is -0.425 e. The molecule has 0 atom stereocenters. The van der Waals surface area contributed by atoms with Crippen molar-refractivity contribution in [3.8, 4) is 0 Å². The van der Waals surface area contributed by atoms with Gasteiger partial charge in [-0.2, -0.15) is 0 Å². The van der Waals surface area contributed by atoms with Crippen molar-refractivity contribution in [2.75, 3.05) is 13.1 Å². The largest absolute Gasteiger partial charge is 0.425 e. The van der Waals surface area contributed by atoms with Gasteiger partial charge in [-0.15, -0.1) is 10.2 Å². The molecule has 2 heterocycles. The van der Waals surface area contributed by atoms with E-state index < -0.39 is 0 Å². The molecule has 4 nitrogen and oxygen atoms in total. The Kier molecular flexibility index (Phi) is 3.89. The third-order valence-electron chi connectivity index (χ3n) is 3.64. The topological polar surface area (TPSA) is 51.0 Å². The molecular weight excluding hydrogens is 238 g/mol. The van der Waals surface area contributed by atoms with E-state index in [2.05, 4.69) is 39.8 Å². The summed E-state index contributed by atoms with van der Waals surface area (Å²) in [6.07, 6.45) is 3.97. The lowest BCUT2D eigenvalue weighted by atomic mass is 9.98. The lowest BCUT2D eigenvalue weighted by Crippen LogP contribution is -2.26. The van der Waals surface area contributed by atoms with Gasteiger partial charge in [0, 0.05) is 12.3 Å². The summed E-state index contributed by atoms with van der Waals surface area (Å²) >= 11 is 0. The molecule has 19 heavy (non-hydrogen) atoms. The van der Waals surface area contributed by atoms with Crippen molar-refractivity contribution in [1.29, 1.82) is 0 Å². The zero-order chi connectivity index (χ0) is 12.9. The first-order valence-electron chi connectivity index (χ1n) is 6.99. The van der Waals surface area contributed by atoms with Crippen LogP contribution in [0.3, 0.4) is 0 Å². The zero-order valence-corrected chi connectivity index (χ0v) is 11.0. The van der Waals surface area contributed by atoms with Crippen LogP contribution in [-0.4, -0.2) is 23.3 Å². The first-order chi connectivity index (χ1) is 9.42. The molecule has 0 radical (unpaired) electrons. The Labute approximate surface area is 113 Å². The molecule has 1 aliphatic heterocycles. The molecule has 1 aliphatic rings. The smallest absolute Gasteiger partial charge is 0.219 e. The number of nitrogens with one attached hydrogen (secondary N) is 1. The monoisotopic (exact) mass is 257 g/mol. The number of nitrogens with zero attached hydrogens (tertiary/aromatic N) is 2. The maximum absolute atomic E-state index is 5.79. The van der Waals surface area contributed by atoms with Crippen LogP contribution in [0.1, 0.15) is 36.1 Å². The summed E-state index contributed by atoms with van der Waals surface area (Å²) in [6.45, 7) is 2.10. The van der Waals surface area contributed by atoms with Gasteiger partial charge in [-0.3, -0.25) is 0 Å². The SMILES string of the molecule is c1ccc(CCc2nnc(C3CCNCC3)o2)cc1. The number of hydrogen-bond donors (Lipinski definition) is 1. The standard InChI is InChI=1S/C15H19N3O/c1-2-4-12(5-3-1)6-7-14-17-18-15(19-14)13-8-10-16-11-9-13/h1-5,13,16H,6-11H2. The highest BCUT2D eigenvalue weighted by atomic mass is 16.4. The van der Waals surface area contributed by atoms with Crippen molar-refractivity contribution in [2.45, 2.75) is 31.6 Å². The Balaban J connectivity index is 1.58. The Morgan fingerprint density at radius 1 is 1.05 bits per heavy atom. The average Bonchev–Trinajstić information content (AvgIpc) is 2.96. The highest BCUT2D eigenvalue weighted by molar-refractivity contribution is 5.15. The molecule has 0 amide bonds. The van der Waals surface area contributed by atoms with Crippen molar-refractivity contribution in [3.63, 3.8) is 0 Å². The van der Waals surface area contributed by atoms with Gasteiger partial charge in [-0.05, 0) is 37.9 Å². The lowest BCUT2D eigenvalue weighted by molar-refractivity contribution is 0.360. The third kappa shape index (κ3) is 3.20. The molecule has 1 N–H and O–H groups in total. The summed E-state index contributed by atoms with van der Waals surface area (Å²) in [6, 6.07) is 10.4. The average molecular weight is 257 g/mol. The molecule has 1 aromatic carbocycles. The summed E-state index contributed by atoms with van der Waals surface area (Å²) in [5, 5.41) is 11.7. The lowest BCUT2D eigenvalue weighted by Gasteiger charge is -2.18. The van der Waals surface area contributed by atoms with Gasteiger partial charge < -0.3 is 9.73 Å². The summed E-state index contributed by atoms with van der Waals surface area (Å²) in [5.74, 6) is 2.03. The second-order valence-corrected chi connectivity index (χ2v) is 5.04. The second kappa shape index (κ2) is 5.97. The summed E-state index contributed by atoms with van der Waals surface area (Å²) < 4.78 is 5.79. The van der Waals surface area contributed by atoms with Crippen LogP contribution >= 0.6 is 0 Å². The molecule has 0 saturated carbocycles. The quantitative estimate of drug-likeness (QED) is 0.913. The predicted molar refractivity (Wildman–Crippen MR) is 73.0 cm³/mol. The maximum Gasteiger partial charge on any atom is 0.219 e. The van der Waals surface area contributed by atoms with E-state index >= 15 is 0 Å². The first kappa shape index (κ1) is 12.4. The van der Waals surface area contributed by atoms with Crippen LogP contribution < -0.4 is 5.32 Å². The molecule has 1 saturated heterocycles. The number of benzene rings is 1. The second-order valence-electron chi connectivity index (χ2n) is 5.04. The van der Waals surface area contributed by atoms with Crippen molar-refractivity contribution in [1.82, 2.24) is 15.5 Å². The molecule has 1 fully saturated rings. The Hall–Kier alpha value is -1.68. The fraction of sp³-hybridized carbons (Fsp3) is 0.467. The highest BCUT2D eigenvalue weighted by Crippen LogP contribution is 2.24. The van der Waals surface area contributed by atoms with E-state index in [1.165, 1.54) is 5.56 Å². The summed E-state index contributed by atoms with van der Waals surface area (Å²) in [7, 11) is 0. The van der Waals surface area contributed by atoms with Gasteiger partial charge in [0.05, 0.1) is 0 Å². The van der Waals surface area contributed by atoms with Gasteiger partial charge in [0.15, 0.2) is 0 Å². The molecule has 0 aliphatic carbocycles. The molecular formula is C15H19N3O. The van der Waals surface area contributed by atoms with Gasteiger partial charge in [-0.25, -0.2) is 0 Å². The molecule has 4 heteroatoms. The van der Waals surface area contributed by atoms with Crippen LogP contribution in [0.25, 0.3) is 0 Å². The number of aryl methyl sites for hydroxylation is 2. The van der Waals surface area contributed by atoms with Crippen LogP contribution in [0, 0.1) is 0 Å². The van der Waals surface area contributed by atoms with Gasteiger partial charge in [-0.1, -0.05) is 30.3 Å². The van der Waals surface area contributed by atoms with Gasteiger partial charge in [0.25, 0.3) is 0 Å². The molecule has 100 valence electrons. The minimum atomic E-state index is 0.444. The third-order valence-corrected chi connectivity index (χ3v) is 3.64. The van der Waals surface area contributed by atoms with Gasteiger partial charge in [0.1, 0.15) is 0 Å². The number of piperidine rings is 1. The fourth-order valence-corrected chi connectivity index (χ4v) is 2.50. The van der Waals surface area contributed by atoms with E-state index in [1.807, 2.05) is 6.07 Å². The number of rotatable bonds is 4. The molecule has 3 rings (SSSR count). The molecule has 0 unspecified atom stereocenters.